The number of nitrogens with two attached hydrogens (primary N) is 1. The number of carbonyl (C=O) groups is 1. The quantitative estimate of drug-likeness (QED) is 0.476. The molecule has 1 amide bonds. The fourth-order valence-electron chi connectivity index (χ4n) is 5.72. The first-order chi connectivity index (χ1) is 19.2. The Balaban J connectivity index is 1.13. The SMILES string of the molecule is NC1CCC(Oc2cc(Cl)nc(N3CCN(S(=O)(=O)c4ccc5c(c4)OC[C@@H]4[C@H](CO)OC(=O)N54)CC3)c2)CC1. The number of hydrogen-bond acceptors (Lipinski definition) is 10. The van der Waals surface area contributed by atoms with Crippen molar-refractivity contribution in [3.05, 3.63) is 35.5 Å². The molecule has 0 bridgehead atoms. The van der Waals surface area contributed by atoms with E-state index in [1.807, 2.05) is 11.0 Å². The Bertz CT molecular complexity index is 1380. The van der Waals surface area contributed by atoms with Crippen LogP contribution in [0.4, 0.5) is 16.3 Å². The Morgan fingerprint density at radius 3 is 2.58 bits per heavy atom. The number of aromatic nitrogens is 1. The van der Waals surface area contributed by atoms with Gasteiger partial charge in [-0.25, -0.2) is 18.2 Å². The van der Waals surface area contributed by atoms with Gasteiger partial charge in [0.25, 0.3) is 0 Å². The van der Waals surface area contributed by atoms with Crippen LogP contribution in [0.25, 0.3) is 0 Å². The zero-order valence-electron chi connectivity index (χ0n) is 21.8. The molecule has 4 heterocycles. The lowest BCUT2D eigenvalue weighted by Crippen LogP contribution is -2.49. The normalized spacial score (nSPS) is 27.0. The molecule has 1 aromatic carbocycles. The molecule has 0 spiro atoms. The summed E-state index contributed by atoms with van der Waals surface area (Å²) in [6, 6.07) is 7.76. The summed E-state index contributed by atoms with van der Waals surface area (Å²) in [5.74, 6) is 1.57. The van der Waals surface area contributed by atoms with E-state index in [0.717, 1.165) is 25.7 Å². The number of piperazine rings is 1. The smallest absolute Gasteiger partial charge is 0.415 e. The van der Waals surface area contributed by atoms with Gasteiger partial charge in [0.05, 0.1) is 23.3 Å². The van der Waals surface area contributed by atoms with E-state index < -0.39 is 28.3 Å². The molecule has 2 aromatic rings. The van der Waals surface area contributed by atoms with E-state index >= 15 is 0 Å². The summed E-state index contributed by atoms with van der Waals surface area (Å²) in [6.07, 6.45) is 2.46. The zero-order valence-corrected chi connectivity index (χ0v) is 23.4. The standard InChI is InChI=1S/C26H32ClN5O7S/c27-24-11-18(38-17-3-1-16(28)2-4-17)12-25(29-24)30-7-9-31(10-8-30)40(35,36)19-5-6-20-22(13-19)37-15-21-23(14-33)39-26(34)32(20)21/h5-6,11-13,16-17,21,23,33H,1-4,7-10,14-15,28H2/t16?,17?,21-,23+/m1/s1. The third-order valence-electron chi connectivity index (χ3n) is 7.97. The second-order valence-corrected chi connectivity index (χ2v) is 12.8. The van der Waals surface area contributed by atoms with Crippen molar-refractivity contribution in [2.45, 2.75) is 54.9 Å². The van der Waals surface area contributed by atoms with Gasteiger partial charge in [-0.3, -0.25) is 4.90 Å². The topological polar surface area (TPSA) is 148 Å². The molecule has 3 aliphatic heterocycles. The summed E-state index contributed by atoms with van der Waals surface area (Å²) < 4.78 is 45.6. The van der Waals surface area contributed by atoms with Crippen molar-refractivity contribution < 1.29 is 32.5 Å². The van der Waals surface area contributed by atoms with Gasteiger partial charge in [-0.2, -0.15) is 4.31 Å². The zero-order chi connectivity index (χ0) is 28.0. The lowest BCUT2D eigenvalue weighted by Gasteiger charge is -2.35. The minimum atomic E-state index is -3.82. The third kappa shape index (κ3) is 5.16. The predicted octanol–water partition coefficient (Wildman–Crippen LogP) is 1.97. The molecule has 3 N–H and O–H groups in total. The first-order valence-electron chi connectivity index (χ1n) is 13.5. The fraction of sp³-hybridized carbons (Fsp3) is 0.538. The van der Waals surface area contributed by atoms with Crippen molar-refractivity contribution in [3.8, 4) is 11.5 Å². The van der Waals surface area contributed by atoms with Crippen LogP contribution in [0.1, 0.15) is 25.7 Å². The van der Waals surface area contributed by atoms with Crippen LogP contribution in [-0.4, -0.2) is 92.6 Å². The summed E-state index contributed by atoms with van der Waals surface area (Å²) in [5, 5.41) is 9.81. The number of pyridine rings is 1. The molecule has 12 nitrogen and oxygen atoms in total. The molecule has 1 aromatic heterocycles. The molecule has 3 fully saturated rings. The van der Waals surface area contributed by atoms with Crippen LogP contribution in [0.5, 0.6) is 11.5 Å². The van der Waals surface area contributed by atoms with Gasteiger partial charge in [-0.15, -0.1) is 0 Å². The van der Waals surface area contributed by atoms with Gasteiger partial charge in [-0.1, -0.05) is 11.6 Å². The molecule has 14 heteroatoms. The largest absolute Gasteiger partial charge is 0.490 e. The van der Waals surface area contributed by atoms with Crippen molar-refractivity contribution in [1.82, 2.24) is 9.29 Å². The highest BCUT2D eigenvalue weighted by Gasteiger charge is 2.46. The average Bonchev–Trinajstić information content (AvgIpc) is 3.29. The van der Waals surface area contributed by atoms with Gasteiger partial charge in [0, 0.05) is 50.4 Å². The van der Waals surface area contributed by atoms with Gasteiger partial charge in [0.2, 0.25) is 10.0 Å². The molecule has 6 rings (SSSR count). The summed E-state index contributed by atoms with van der Waals surface area (Å²) in [7, 11) is -3.82. The Morgan fingerprint density at radius 1 is 1.10 bits per heavy atom. The monoisotopic (exact) mass is 593 g/mol. The number of cyclic esters (lactones) is 1. The summed E-state index contributed by atoms with van der Waals surface area (Å²) >= 11 is 6.31. The minimum absolute atomic E-state index is 0.0770. The third-order valence-corrected chi connectivity index (χ3v) is 10.1. The molecule has 4 aliphatic rings. The number of amides is 1. The van der Waals surface area contributed by atoms with Crippen molar-refractivity contribution in [1.29, 1.82) is 0 Å². The molecule has 1 aliphatic carbocycles. The van der Waals surface area contributed by atoms with Crippen molar-refractivity contribution in [2.24, 2.45) is 5.73 Å². The number of aliphatic hydroxyl groups excluding tert-OH is 1. The molecule has 216 valence electrons. The molecule has 2 atom stereocenters. The highest BCUT2D eigenvalue weighted by molar-refractivity contribution is 7.89. The second kappa shape index (κ2) is 10.9. The van der Waals surface area contributed by atoms with Crippen LogP contribution in [0.2, 0.25) is 5.15 Å². The van der Waals surface area contributed by atoms with Gasteiger partial charge >= 0.3 is 6.09 Å². The van der Waals surface area contributed by atoms with Crippen LogP contribution in [0, 0.1) is 0 Å². The molecule has 0 unspecified atom stereocenters. The number of ether oxygens (including phenoxy) is 3. The number of sulfonamides is 1. The number of carbonyl (C=O) groups excluding carboxylic acids is 1. The lowest BCUT2D eigenvalue weighted by atomic mass is 9.94. The maximum absolute atomic E-state index is 13.5. The molecule has 0 radical (unpaired) electrons. The van der Waals surface area contributed by atoms with Gasteiger partial charge < -0.3 is 30.0 Å². The van der Waals surface area contributed by atoms with Crippen LogP contribution in [-0.2, 0) is 14.8 Å². The van der Waals surface area contributed by atoms with Crippen molar-refractivity contribution in [2.75, 3.05) is 49.2 Å². The molecule has 2 saturated heterocycles. The molecule has 40 heavy (non-hydrogen) atoms. The minimum Gasteiger partial charge on any atom is -0.490 e. The summed E-state index contributed by atoms with van der Waals surface area (Å²) in [4.78, 5) is 20.3. The number of nitrogens with zero attached hydrogens (tertiary/aromatic N) is 4. The van der Waals surface area contributed by atoms with Crippen molar-refractivity contribution in [3.63, 3.8) is 0 Å². The lowest BCUT2D eigenvalue weighted by molar-refractivity contribution is 0.0733. The van der Waals surface area contributed by atoms with E-state index in [1.54, 1.807) is 12.1 Å². The first kappa shape index (κ1) is 27.3. The highest BCUT2D eigenvalue weighted by atomic mass is 35.5. The highest BCUT2D eigenvalue weighted by Crippen LogP contribution is 2.40. The Kier molecular flexibility index (Phi) is 7.42. The summed E-state index contributed by atoms with van der Waals surface area (Å²) in [5.41, 5.74) is 6.42. The number of rotatable bonds is 6. The second-order valence-electron chi connectivity index (χ2n) is 10.5. The van der Waals surface area contributed by atoms with Gasteiger partial charge in [-0.05, 0) is 37.8 Å². The Morgan fingerprint density at radius 2 is 1.85 bits per heavy atom. The average molecular weight is 594 g/mol. The number of benzene rings is 1. The van der Waals surface area contributed by atoms with Crippen LogP contribution in [0.3, 0.4) is 0 Å². The maximum atomic E-state index is 13.5. The number of halogens is 1. The van der Waals surface area contributed by atoms with Crippen LogP contribution in [0.15, 0.2) is 35.2 Å². The Labute approximate surface area is 237 Å². The van der Waals surface area contributed by atoms with Crippen molar-refractivity contribution >= 4 is 39.2 Å². The first-order valence-corrected chi connectivity index (χ1v) is 15.3. The summed E-state index contributed by atoms with van der Waals surface area (Å²) in [6.45, 7) is 1.14. The van der Waals surface area contributed by atoms with Crippen LogP contribution >= 0.6 is 11.6 Å². The molecule has 1 saturated carbocycles. The van der Waals surface area contributed by atoms with E-state index in [-0.39, 0.29) is 49.1 Å². The number of hydrogen-bond donors (Lipinski definition) is 2. The molecular weight excluding hydrogens is 562 g/mol. The van der Waals surface area contributed by atoms with E-state index in [2.05, 4.69) is 4.98 Å². The number of anilines is 2. The van der Waals surface area contributed by atoms with Gasteiger partial charge in [0.1, 0.15) is 35.1 Å². The molecular formula is C26H32ClN5O7S. The predicted molar refractivity (Wildman–Crippen MR) is 147 cm³/mol. The maximum Gasteiger partial charge on any atom is 0.415 e. The van der Waals surface area contributed by atoms with E-state index in [4.69, 9.17) is 31.5 Å². The van der Waals surface area contributed by atoms with Gasteiger partial charge in [0.15, 0.2) is 6.10 Å². The number of fused-ring (bicyclic) bond motifs is 3. The van der Waals surface area contributed by atoms with E-state index in [0.29, 0.717) is 35.5 Å². The van der Waals surface area contributed by atoms with Crippen LogP contribution < -0.4 is 25.0 Å². The fourth-order valence-corrected chi connectivity index (χ4v) is 7.36. The van der Waals surface area contributed by atoms with E-state index in [9.17, 15) is 18.3 Å². The Hall–Kier alpha value is -2.84. The van der Waals surface area contributed by atoms with E-state index in [1.165, 1.54) is 21.3 Å². The number of aliphatic hydroxyl groups is 1.